The van der Waals surface area contributed by atoms with Crippen LogP contribution in [-0.4, -0.2) is 0 Å². The van der Waals surface area contributed by atoms with Crippen molar-refractivity contribution in [2.45, 2.75) is 73.6 Å². The second-order valence-electron chi connectivity index (χ2n) is 5.96. The second kappa shape index (κ2) is 20.0. The minimum absolute atomic E-state index is 0.556. The zero-order valence-electron chi connectivity index (χ0n) is 17.6. The largest absolute Gasteiger partial charge is 0.405 e. The molecule has 2 nitrogen and oxygen atoms in total. The van der Waals surface area contributed by atoms with E-state index in [1.165, 1.54) is 30.2 Å². The third-order valence-electron chi connectivity index (χ3n) is 3.17. The highest BCUT2D eigenvalue weighted by Gasteiger charge is 2.09. The number of allylic oxidation sites excluding steroid dienone is 1. The smallest absolute Gasteiger partial charge is 0.0994 e. The summed E-state index contributed by atoms with van der Waals surface area (Å²) >= 11 is 0. The van der Waals surface area contributed by atoms with Crippen LogP contribution in [0, 0.1) is 17.2 Å². The lowest BCUT2D eigenvalue weighted by Gasteiger charge is -2.13. The van der Waals surface area contributed by atoms with Gasteiger partial charge in [-0.15, -0.1) is 6.58 Å². The maximum Gasteiger partial charge on any atom is 0.0994 e. The topological polar surface area (TPSA) is 49.8 Å². The van der Waals surface area contributed by atoms with Crippen LogP contribution in [0.25, 0.3) is 0 Å². The van der Waals surface area contributed by atoms with Gasteiger partial charge >= 0.3 is 0 Å². The summed E-state index contributed by atoms with van der Waals surface area (Å²) in [5, 5.41) is 9.22. The molecule has 0 radical (unpaired) electrons. The number of benzene rings is 1. The molecule has 0 aliphatic rings. The third kappa shape index (κ3) is 15.3. The predicted octanol–water partition coefficient (Wildman–Crippen LogP) is 6.97. The van der Waals surface area contributed by atoms with Crippen LogP contribution in [0.3, 0.4) is 0 Å². The van der Waals surface area contributed by atoms with E-state index >= 15 is 0 Å². The first-order valence-corrected chi connectivity index (χ1v) is 9.34. The summed E-state index contributed by atoms with van der Waals surface area (Å²) in [5.41, 5.74) is 7.96. The summed E-state index contributed by atoms with van der Waals surface area (Å²) in [5.74, 6) is 1.15. The molecule has 25 heavy (non-hydrogen) atoms. The SMILES string of the molecule is C=CC.C=CN.CC.CCCC(C)c1ccc(CC(C)C)c(C#N)c1. The second-order valence-corrected chi connectivity index (χ2v) is 5.96. The number of hydrogen-bond acceptors (Lipinski definition) is 2. The molecular weight excluding hydrogens is 304 g/mol. The minimum atomic E-state index is 0.556. The summed E-state index contributed by atoms with van der Waals surface area (Å²) in [6.45, 7) is 21.2. The summed E-state index contributed by atoms with van der Waals surface area (Å²) in [4.78, 5) is 0. The fourth-order valence-electron chi connectivity index (χ4n) is 2.22. The standard InChI is InChI=1S/C16H23N.C3H6.C2H5N.C2H6/c1-5-6-13(4)14-7-8-15(9-12(2)3)16(10-14)11-17;1-3-2;1-2-3;1-2/h7-8,10,12-13H,5-6,9H2,1-4H3;3H,1H2,2H3;2H,1,3H2;1-2H3. The molecule has 0 spiro atoms. The summed E-state index contributed by atoms with van der Waals surface area (Å²) in [7, 11) is 0. The van der Waals surface area contributed by atoms with Crippen molar-refractivity contribution in [1.29, 1.82) is 5.26 Å². The van der Waals surface area contributed by atoms with Gasteiger partial charge in [0.2, 0.25) is 0 Å². The lowest BCUT2D eigenvalue weighted by atomic mass is 9.91. The maximum absolute atomic E-state index is 9.22. The highest BCUT2D eigenvalue weighted by atomic mass is 14.5. The Kier molecular flexibility index (Phi) is 22.3. The van der Waals surface area contributed by atoms with Crippen molar-refractivity contribution in [3.8, 4) is 6.07 Å². The summed E-state index contributed by atoms with van der Waals surface area (Å²) in [6.07, 6.45) is 6.37. The van der Waals surface area contributed by atoms with Crippen LogP contribution in [-0.2, 0) is 6.42 Å². The fourth-order valence-corrected chi connectivity index (χ4v) is 2.22. The Morgan fingerprint density at radius 2 is 1.68 bits per heavy atom. The number of hydrogen-bond donors (Lipinski definition) is 1. The van der Waals surface area contributed by atoms with Crippen LogP contribution >= 0.6 is 0 Å². The van der Waals surface area contributed by atoms with Crippen LogP contribution in [0.1, 0.15) is 83.9 Å². The molecule has 0 saturated heterocycles. The Morgan fingerprint density at radius 3 is 2.04 bits per heavy atom. The van der Waals surface area contributed by atoms with Gasteiger partial charge < -0.3 is 5.73 Å². The highest BCUT2D eigenvalue weighted by molar-refractivity contribution is 5.41. The van der Waals surface area contributed by atoms with E-state index in [1.807, 2.05) is 20.8 Å². The molecule has 2 N–H and O–H groups in total. The van der Waals surface area contributed by atoms with Crippen molar-refractivity contribution >= 4 is 0 Å². The van der Waals surface area contributed by atoms with Crippen molar-refractivity contribution in [2.24, 2.45) is 11.7 Å². The monoisotopic (exact) mass is 344 g/mol. The summed E-state index contributed by atoms with van der Waals surface area (Å²) < 4.78 is 0. The predicted molar refractivity (Wildman–Crippen MR) is 115 cm³/mol. The Bertz CT molecular complexity index is 475. The Hall–Kier alpha value is -2.01. The van der Waals surface area contributed by atoms with E-state index in [2.05, 4.69) is 70.9 Å². The third-order valence-corrected chi connectivity index (χ3v) is 3.17. The average Bonchev–Trinajstić information content (AvgIpc) is 2.58. The number of nitriles is 1. The summed E-state index contributed by atoms with van der Waals surface area (Å²) in [6, 6.07) is 8.75. The molecule has 0 amide bonds. The number of nitrogens with two attached hydrogens (primary N) is 1. The van der Waals surface area contributed by atoms with Gasteiger partial charge in [0.1, 0.15) is 0 Å². The normalized spacial score (nSPS) is 9.72. The van der Waals surface area contributed by atoms with Crippen LogP contribution in [0.5, 0.6) is 0 Å². The number of rotatable bonds is 5. The van der Waals surface area contributed by atoms with E-state index in [0.717, 1.165) is 12.0 Å². The Labute approximate surface area is 157 Å². The van der Waals surface area contributed by atoms with Gasteiger partial charge in [-0.1, -0.05) is 72.8 Å². The van der Waals surface area contributed by atoms with Gasteiger partial charge in [-0.2, -0.15) is 5.26 Å². The Balaban J connectivity index is -0.000000517. The van der Waals surface area contributed by atoms with E-state index in [0.29, 0.717) is 11.8 Å². The molecule has 0 saturated carbocycles. The molecule has 1 aromatic rings. The van der Waals surface area contributed by atoms with Gasteiger partial charge in [-0.3, -0.25) is 0 Å². The molecule has 1 unspecified atom stereocenters. The molecule has 0 aromatic heterocycles. The fraction of sp³-hybridized carbons (Fsp3) is 0.522. The molecule has 1 rings (SSSR count). The molecule has 0 bridgehead atoms. The van der Waals surface area contributed by atoms with Crippen molar-refractivity contribution in [2.75, 3.05) is 0 Å². The molecule has 0 aliphatic heterocycles. The molecule has 2 heteroatoms. The van der Waals surface area contributed by atoms with E-state index < -0.39 is 0 Å². The first kappa shape index (κ1) is 27.8. The van der Waals surface area contributed by atoms with Gasteiger partial charge in [0.05, 0.1) is 11.6 Å². The van der Waals surface area contributed by atoms with Gasteiger partial charge in [-0.25, -0.2) is 0 Å². The van der Waals surface area contributed by atoms with Crippen molar-refractivity contribution in [1.82, 2.24) is 0 Å². The van der Waals surface area contributed by atoms with Crippen LogP contribution in [0.2, 0.25) is 0 Å². The van der Waals surface area contributed by atoms with Crippen molar-refractivity contribution in [3.05, 3.63) is 60.3 Å². The number of nitrogens with zero attached hydrogens (tertiary/aromatic N) is 1. The molecule has 1 atom stereocenters. The van der Waals surface area contributed by atoms with Crippen LogP contribution in [0.4, 0.5) is 0 Å². The van der Waals surface area contributed by atoms with E-state index in [9.17, 15) is 5.26 Å². The van der Waals surface area contributed by atoms with Crippen molar-refractivity contribution in [3.63, 3.8) is 0 Å². The molecule has 0 heterocycles. The van der Waals surface area contributed by atoms with Gasteiger partial charge in [-0.05, 0) is 55.0 Å². The molecular formula is C23H40N2. The first-order chi connectivity index (χ1) is 11.9. The van der Waals surface area contributed by atoms with Crippen molar-refractivity contribution < 1.29 is 0 Å². The van der Waals surface area contributed by atoms with Gasteiger partial charge in [0.15, 0.2) is 0 Å². The average molecular weight is 345 g/mol. The zero-order valence-corrected chi connectivity index (χ0v) is 17.6. The molecule has 0 fully saturated rings. The van der Waals surface area contributed by atoms with E-state index in [-0.39, 0.29) is 0 Å². The molecule has 1 aromatic carbocycles. The van der Waals surface area contributed by atoms with E-state index in [1.54, 1.807) is 6.08 Å². The molecule has 142 valence electrons. The zero-order chi connectivity index (χ0) is 20.3. The minimum Gasteiger partial charge on any atom is -0.405 e. The van der Waals surface area contributed by atoms with E-state index in [4.69, 9.17) is 0 Å². The molecule has 0 aliphatic carbocycles. The lowest BCUT2D eigenvalue weighted by molar-refractivity contribution is 0.643. The lowest BCUT2D eigenvalue weighted by Crippen LogP contribution is -2.00. The first-order valence-electron chi connectivity index (χ1n) is 9.34. The van der Waals surface area contributed by atoms with Crippen LogP contribution < -0.4 is 5.73 Å². The quantitative estimate of drug-likeness (QED) is 0.586. The van der Waals surface area contributed by atoms with Gasteiger partial charge in [0.25, 0.3) is 0 Å². The highest BCUT2D eigenvalue weighted by Crippen LogP contribution is 2.24. The van der Waals surface area contributed by atoms with Gasteiger partial charge in [0, 0.05) is 0 Å². The van der Waals surface area contributed by atoms with Crippen LogP contribution in [0.15, 0.2) is 43.6 Å². The maximum atomic E-state index is 9.22. The Morgan fingerprint density at radius 1 is 1.20 bits per heavy atom.